The average molecular weight is 426 g/mol. The van der Waals surface area contributed by atoms with E-state index in [0.717, 1.165) is 4.90 Å². The number of hydrogen-bond donors (Lipinski definition) is 3. The van der Waals surface area contributed by atoms with E-state index < -0.39 is 42.4 Å². The molecule has 1 aromatic heterocycles. The molecule has 0 saturated carbocycles. The highest BCUT2D eigenvalue weighted by molar-refractivity contribution is 5.99. The summed E-state index contributed by atoms with van der Waals surface area (Å²) in [5.41, 5.74) is 3.49. The van der Waals surface area contributed by atoms with Crippen molar-refractivity contribution < 1.29 is 27.1 Å². The van der Waals surface area contributed by atoms with Crippen LogP contribution in [0.3, 0.4) is 0 Å². The summed E-state index contributed by atoms with van der Waals surface area (Å²) in [6.07, 6.45) is -6.71. The van der Waals surface area contributed by atoms with Crippen LogP contribution in [-0.4, -0.2) is 76.7 Å². The Hall–Kier alpha value is -2.35. The summed E-state index contributed by atoms with van der Waals surface area (Å²) < 4.78 is 58.1. The molecule has 0 aliphatic rings. The van der Waals surface area contributed by atoms with E-state index in [1.54, 1.807) is 6.92 Å². The maximum atomic E-state index is 13.5. The zero-order valence-electron chi connectivity index (χ0n) is 16.6. The number of alkyl halides is 4. The standard InChI is InChI=1S/C15H26F4N8O2/c1-5-7-9(21-10(20)8-16)14(3,22-11(29-6-2)15(17,18)19)12(28)27(4)13-23-25-26-24-13/h9,11,22H,5-8H2,1-4H3,(H2,20,21)(H,23,24,25,26). The summed E-state index contributed by atoms with van der Waals surface area (Å²) in [6, 6.07) is -1.13. The topological polar surface area (TPSA) is 134 Å². The molecule has 0 aliphatic carbocycles. The molecule has 0 radical (unpaired) electrons. The third kappa shape index (κ3) is 6.32. The molecular formula is C15H26F4N8O2. The van der Waals surface area contributed by atoms with Gasteiger partial charge in [-0.05, 0) is 25.5 Å². The molecule has 0 fully saturated rings. The van der Waals surface area contributed by atoms with Gasteiger partial charge >= 0.3 is 6.18 Å². The number of ether oxygens (including phenoxy) is 1. The number of aliphatic imine (C=N–C) groups is 1. The Morgan fingerprint density at radius 3 is 2.52 bits per heavy atom. The third-order valence-corrected chi connectivity index (χ3v) is 4.13. The number of nitrogens with two attached hydrogens (primary N) is 1. The van der Waals surface area contributed by atoms with Crippen LogP contribution in [0.25, 0.3) is 0 Å². The third-order valence-electron chi connectivity index (χ3n) is 4.13. The number of tetrazole rings is 1. The first-order valence-electron chi connectivity index (χ1n) is 8.86. The predicted molar refractivity (Wildman–Crippen MR) is 96.9 cm³/mol. The molecule has 0 saturated heterocycles. The van der Waals surface area contributed by atoms with E-state index in [0.29, 0.717) is 6.42 Å². The first-order valence-corrected chi connectivity index (χ1v) is 8.86. The molecule has 29 heavy (non-hydrogen) atoms. The van der Waals surface area contributed by atoms with Crippen LogP contribution < -0.4 is 16.0 Å². The minimum Gasteiger partial charge on any atom is -0.385 e. The van der Waals surface area contributed by atoms with Crippen molar-refractivity contribution in [2.45, 2.75) is 57.6 Å². The Labute approximate surface area is 165 Å². The summed E-state index contributed by atoms with van der Waals surface area (Å²) in [6.45, 7) is 2.97. The van der Waals surface area contributed by atoms with E-state index >= 15 is 0 Å². The van der Waals surface area contributed by atoms with Gasteiger partial charge in [-0.1, -0.05) is 18.4 Å². The lowest BCUT2D eigenvalue weighted by Gasteiger charge is -2.40. The van der Waals surface area contributed by atoms with E-state index in [1.807, 2.05) is 0 Å². The molecule has 0 spiro atoms. The van der Waals surface area contributed by atoms with Crippen LogP contribution in [0.15, 0.2) is 4.99 Å². The number of likely N-dealkylation sites (N-methyl/N-ethyl adjacent to an activating group) is 1. The highest BCUT2D eigenvalue weighted by Crippen LogP contribution is 2.28. The first kappa shape index (κ1) is 24.7. The second-order valence-electron chi connectivity index (χ2n) is 6.36. The van der Waals surface area contributed by atoms with Gasteiger partial charge in [-0.15, -0.1) is 5.10 Å². The van der Waals surface area contributed by atoms with Gasteiger partial charge in [-0.25, -0.2) is 4.39 Å². The molecule has 0 aliphatic heterocycles. The number of halogens is 4. The second-order valence-corrected chi connectivity index (χ2v) is 6.36. The largest absolute Gasteiger partial charge is 0.428 e. The van der Waals surface area contributed by atoms with Gasteiger partial charge in [0, 0.05) is 13.7 Å². The van der Waals surface area contributed by atoms with Crippen molar-refractivity contribution in [3.63, 3.8) is 0 Å². The van der Waals surface area contributed by atoms with Gasteiger partial charge in [0.1, 0.15) is 18.0 Å². The molecular weight excluding hydrogens is 400 g/mol. The molecule has 3 unspecified atom stereocenters. The molecule has 1 aromatic rings. The molecule has 1 amide bonds. The highest BCUT2D eigenvalue weighted by Gasteiger charge is 2.51. The smallest absolute Gasteiger partial charge is 0.385 e. The molecule has 1 rings (SSSR count). The van der Waals surface area contributed by atoms with Crippen molar-refractivity contribution in [3.05, 3.63) is 0 Å². The molecule has 3 atom stereocenters. The maximum absolute atomic E-state index is 13.5. The zero-order chi connectivity index (χ0) is 22.2. The molecule has 1 heterocycles. The number of nitrogens with one attached hydrogen (secondary N) is 2. The van der Waals surface area contributed by atoms with Crippen LogP contribution in [0.4, 0.5) is 23.5 Å². The van der Waals surface area contributed by atoms with E-state index in [1.165, 1.54) is 20.9 Å². The van der Waals surface area contributed by atoms with Gasteiger partial charge in [0.15, 0.2) is 0 Å². The molecule has 166 valence electrons. The number of amides is 1. The lowest BCUT2D eigenvalue weighted by Crippen LogP contribution is -2.67. The highest BCUT2D eigenvalue weighted by atomic mass is 19.4. The van der Waals surface area contributed by atoms with Crippen LogP contribution >= 0.6 is 0 Å². The van der Waals surface area contributed by atoms with Crippen LogP contribution in [0.2, 0.25) is 0 Å². The number of carbonyl (C=O) groups is 1. The van der Waals surface area contributed by atoms with Crippen molar-refractivity contribution in [1.82, 2.24) is 25.9 Å². The van der Waals surface area contributed by atoms with Crippen molar-refractivity contribution in [1.29, 1.82) is 0 Å². The minimum atomic E-state index is -4.83. The lowest BCUT2D eigenvalue weighted by molar-refractivity contribution is -0.235. The number of aromatic amines is 1. The molecule has 0 aromatic carbocycles. The monoisotopic (exact) mass is 426 g/mol. The Kier molecular flexibility index (Phi) is 8.88. The lowest BCUT2D eigenvalue weighted by atomic mass is 9.87. The van der Waals surface area contributed by atoms with Gasteiger partial charge < -0.3 is 10.5 Å². The number of carbonyl (C=O) groups excluding carboxylic acids is 1. The summed E-state index contributed by atoms with van der Waals surface area (Å²) in [4.78, 5) is 18.1. The second kappa shape index (κ2) is 10.4. The van der Waals surface area contributed by atoms with Crippen LogP contribution in [0, 0.1) is 0 Å². The number of rotatable bonds is 11. The fraction of sp³-hybridized carbons (Fsp3) is 0.800. The van der Waals surface area contributed by atoms with Gasteiger partial charge in [-0.2, -0.15) is 18.4 Å². The molecule has 14 heteroatoms. The number of aromatic nitrogens is 4. The maximum Gasteiger partial charge on any atom is 0.428 e. The van der Waals surface area contributed by atoms with Gasteiger partial charge in [0.2, 0.25) is 6.23 Å². The Bertz CT molecular complexity index is 670. The zero-order valence-corrected chi connectivity index (χ0v) is 16.6. The van der Waals surface area contributed by atoms with Crippen LogP contribution in [0.5, 0.6) is 0 Å². The number of H-pyrrole nitrogens is 1. The Morgan fingerprint density at radius 1 is 1.41 bits per heavy atom. The predicted octanol–water partition coefficient (Wildman–Crippen LogP) is 0.931. The fourth-order valence-electron chi connectivity index (χ4n) is 2.69. The van der Waals surface area contributed by atoms with Crippen molar-refractivity contribution in [2.24, 2.45) is 10.7 Å². The minimum absolute atomic E-state index is 0.146. The average Bonchev–Trinajstić information content (AvgIpc) is 3.19. The van der Waals surface area contributed by atoms with E-state index in [2.05, 4.69) is 30.9 Å². The van der Waals surface area contributed by atoms with Crippen molar-refractivity contribution in [3.8, 4) is 0 Å². The van der Waals surface area contributed by atoms with Crippen molar-refractivity contribution in [2.75, 3.05) is 25.2 Å². The van der Waals surface area contributed by atoms with E-state index in [4.69, 9.17) is 10.5 Å². The quantitative estimate of drug-likeness (QED) is 0.207. The van der Waals surface area contributed by atoms with Gasteiger partial charge in [-0.3, -0.25) is 20.0 Å². The molecule has 10 nitrogen and oxygen atoms in total. The summed E-state index contributed by atoms with van der Waals surface area (Å²) in [5, 5.41) is 15.0. The summed E-state index contributed by atoms with van der Waals surface area (Å²) >= 11 is 0. The number of nitrogens with zero attached hydrogens (tertiary/aromatic N) is 5. The summed E-state index contributed by atoms with van der Waals surface area (Å²) in [5.74, 6) is -1.46. The van der Waals surface area contributed by atoms with E-state index in [-0.39, 0.29) is 19.0 Å². The molecule has 0 bridgehead atoms. The SMILES string of the molecule is CCCC(N=C(N)CF)C(C)(NC(OCC)C(F)(F)F)C(=O)N(C)c1nn[nH]n1. The van der Waals surface area contributed by atoms with Gasteiger partial charge in [0.25, 0.3) is 11.9 Å². The van der Waals surface area contributed by atoms with Crippen LogP contribution in [0.1, 0.15) is 33.6 Å². The normalized spacial score (nSPS) is 16.9. The van der Waals surface area contributed by atoms with Crippen molar-refractivity contribution >= 4 is 17.7 Å². The van der Waals surface area contributed by atoms with Gasteiger partial charge in [0.05, 0.1) is 6.04 Å². The van der Waals surface area contributed by atoms with Crippen LogP contribution in [-0.2, 0) is 9.53 Å². The van der Waals surface area contributed by atoms with E-state index in [9.17, 15) is 22.4 Å². The number of hydrogen-bond acceptors (Lipinski definition) is 7. The number of anilines is 1. The first-order chi connectivity index (χ1) is 13.5. The Balaban J connectivity index is 3.45. The summed E-state index contributed by atoms with van der Waals surface area (Å²) in [7, 11) is 1.27. The molecule has 4 N–H and O–H groups in total. The Morgan fingerprint density at radius 2 is 2.07 bits per heavy atom. The number of amidine groups is 1. The fourth-order valence-corrected chi connectivity index (χ4v) is 2.69.